The lowest BCUT2D eigenvalue weighted by Gasteiger charge is -2.51. The maximum absolute atomic E-state index is 11.6. The van der Waals surface area contributed by atoms with Gasteiger partial charge in [0.25, 0.3) is 0 Å². The number of aliphatic hydroxyl groups is 1. The fraction of sp³-hybridized carbons (Fsp3) is 0.667. The molecule has 1 saturated heterocycles. The summed E-state index contributed by atoms with van der Waals surface area (Å²) in [6.07, 6.45) is 11.7. The van der Waals surface area contributed by atoms with Crippen LogP contribution < -0.4 is 0 Å². The molecule has 2 aliphatic heterocycles. The van der Waals surface area contributed by atoms with Gasteiger partial charge in [0.1, 0.15) is 5.72 Å². The average molecular weight is 411 g/mol. The minimum absolute atomic E-state index is 0.00366. The molecule has 5 aliphatic rings. The highest BCUT2D eigenvalue weighted by Crippen LogP contribution is 2.59. The van der Waals surface area contributed by atoms with Crippen LogP contribution in [-0.4, -0.2) is 52.5 Å². The first kappa shape index (κ1) is 20.0. The molecular formula is C24H30N2O4. The molecular weight excluding hydrogens is 380 g/mol. The fourth-order valence-corrected chi connectivity index (χ4v) is 6.27. The largest absolute Gasteiger partial charge is 0.392 e. The van der Waals surface area contributed by atoms with Crippen molar-refractivity contribution in [3.05, 3.63) is 45.6 Å². The quantitative estimate of drug-likeness (QED) is 0.334. The zero-order valence-electron chi connectivity index (χ0n) is 17.9. The summed E-state index contributed by atoms with van der Waals surface area (Å²) in [7, 11) is 2.05. The molecule has 0 aromatic heterocycles. The molecule has 0 aromatic rings. The number of rotatable bonds is 4. The van der Waals surface area contributed by atoms with Crippen molar-refractivity contribution in [3.63, 3.8) is 0 Å². The fourth-order valence-electron chi connectivity index (χ4n) is 6.27. The molecule has 0 bridgehead atoms. The Balaban J connectivity index is 1.54. The number of nitrogens with zero attached hydrogens (tertiary/aromatic N) is 2. The minimum Gasteiger partial charge on any atom is -0.392 e. The molecule has 0 aromatic carbocycles. The van der Waals surface area contributed by atoms with Gasteiger partial charge in [0, 0.05) is 28.6 Å². The molecule has 6 nitrogen and oxygen atoms in total. The van der Waals surface area contributed by atoms with Gasteiger partial charge in [0.15, 0.2) is 0 Å². The summed E-state index contributed by atoms with van der Waals surface area (Å²) < 4.78 is 6.99. The number of ether oxygens (including phenoxy) is 1. The monoisotopic (exact) mass is 410 g/mol. The lowest BCUT2D eigenvalue weighted by molar-refractivity contribution is -0.512. The standard InChI is InChI=1S/C24H30N2O4/c1-23(2)21-17(14-27)5-4-6-20(21)25(3)24(23)10-9-16-12-19(26(28)29)13-18(22(16)30-24)11-15-7-8-15/h5,9-10,13,15-16,19-22,27H,7-8,11-12,14H2,1-3H3/t16?,19?,20?,21?,22-,24?/m0/s1. The van der Waals surface area contributed by atoms with E-state index in [4.69, 9.17) is 4.74 Å². The van der Waals surface area contributed by atoms with E-state index in [0.29, 0.717) is 12.3 Å². The number of hydrogen-bond acceptors (Lipinski definition) is 5. The second-order valence-corrected chi connectivity index (χ2v) is 10.2. The molecule has 160 valence electrons. The predicted molar refractivity (Wildman–Crippen MR) is 113 cm³/mol. The molecule has 5 rings (SSSR count). The summed E-state index contributed by atoms with van der Waals surface area (Å²) in [6.45, 7) is 4.39. The van der Waals surface area contributed by atoms with Crippen molar-refractivity contribution in [1.82, 2.24) is 4.90 Å². The van der Waals surface area contributed by atoms with Crippen LogP contribution >= 0.6 is 0 Å². The topological polar surface area (TPSA) is 75.8 Å². The summed E-state index contributed by atoms with van der Waals surface area (Å²) in [5, 5.41) is 21.5. The molecule has 2 fully saturated rings. The van der Waals surface area contributed by atoms with Crippen LogP contribution in [-0.2, 0) is 4.74 Å². The molecule has 5 unspecified atom stereocenters. The average Bonchev–Trinajstić information content (AvgIpc) is 3.53. The highest BCUT2D eigenvalue weighted by molar-refractivity contribution is 5.41. The van der Waals surface area contributed by atoms with Crippen molar-refractivity contribution < 1.29 is 14.8 Å². The van der Waals surface area contributed by atoms with Gasteiger partial charge in [-0.2, -0.15) is 0 Å². The van der Waals surface area contributed by atoms with Crippen LogP contribution in [0.25, 0.3) is 0 Å². The summed E-state index contributed by atoms with van der Waals surface area (Å²) in [5.74, 6) is 7.16. The van der Waals surface area contributed by atoms with Gasteiger partial charge < -0.3 is 9.84 Å². The molecule has 0 radical (unpaired) electrons. The van der Waals surface area contributed by atoms with Crippen LogP contribution in [0.15, 0.2) is 35.5 Å². The van der Waals surface area contributed by atoms with Gasteiger partial charge in [-0.1, -0.05) is 31.8 Å². The number of aliphatic hydroxyl groups excluding tert-OH is 1. The molecule has 1 spiro atoms. The third-order valence-electron chi connectivity index (χ3n) is 8.07. The van der Waals surface area contributed by atoms with Crippen molar-refractivity contribution >= 4 is 0 Å². The van der Waals surface area contributed by atoms with Gasteiger partial charge in [-0.25, -0.2) is 0 Å². The Morgan fingerprint density at radius 2 is 2.13 bits per heavy atom. The number of likely N-dealkylation sites (N-methyl/N-ethyl adjacent to an activating group) is 1. The predicted octanol–water partition coefficient (Wildman–Crippen LogP) is 2.92. The highest BCUT2D eigenvalue weighted by Gasteiger charge is 2.65. The number of fused-ring (bicyclic) bond motifs is 2. The lowest BCUT2D eigenvalue weighted by atomic mass is 9.67. The molecule has 1 N–H and O–H groups in total. The summed E-state index contributed by atoms with van der Waals surface area (Å²) in [5.41, 5.74) is 1.07. The Morgan fingerprint density at radius 1 is 1.37 bits per heavy atom. The first-order valence-corrected chi connectivity index (χ1v) is 11.0. The van der Waals surface area contributed by atoms with Crippen LogP contribution in [0.4, 0.5) is 0 Å². The van der Waals surface area contributed by atoms with E-state index < -0.39 is 11.8 Å². The summed E-state index contributed by atoms with van der Waals surface area (Å²) >= 11 is 0. The van der Waals surface area contributed by atoms with Crippen molar-refractivity contribution in [2.24, 2.45) is 23.2 Å². The smallest absolute Gasteiger partial charge is 0.232 e. The second-order valence-electron chi connectivity index (χ2n) is 10.2. The van der Waals surface area contributed by atoms with Gasteiger partial charge in [-0.3, -0.25) is 15.0 Å². The SMILES string of the molecule is CN1C2C#CC=C(CO)C2C(C)(C)C12C=CC1CC([N+](=O)[O-])C=C(CC3CC3)[C@H]1O2. The molecule has 30 heavy (non-hydrogen) atoms. The zero-order valence-corrected chi connectivity index (χ0v) is 17.9. The molecule has 6 atom stereocenters. The maximum Gasteiger partial charge on any atom is 0.232 e. The molecule has 1 saturated carbocycles. The highest BCUT2D eigenvalue weighted by atomic mass is 16.6. The number of likely N-dealkylation sites (tertiary alicyclic amines) is 1. The van der Waals surface area contributed by atoms with Gasteiger partial charge in [-0.05, 0) is 61.6 Å². The number of hydrogen-bond donors (Lipinski definition) is 1. The van der Waals surface area contributed by atoms with E-state index >= 15 is 0 Å². The van der Waals surface area contributed by atoms with Crippen LogP contribution in [0, 0.1) is 45.1 Å². The van der Waals surface area contributed by atoms with Crippen molar-refractivity contribution in [1.29, 1.82) is 0 Å². The van der Waals surface area contributed by atoms with E-state index in [9.17, 15) is 15.2 Å². The summed E-state index contributed by atoms with van der Waals surface area (Å²) in [6, 6.07) is -0.659. The van der Waals surface area contributed by atoms with Crippen molar-refractivity contribution in [3.8, 4) is 11.8 Å². The molecule has 0 amide bonds. The van der Waals surface area contributed by atoms with Crippen LogP contribution in [0.5, 0.6) is 0 Å². The Bertz CT molecular complexity index is 919. The van der Waals surface area contributed by atoms with E-state index in [2.05, 4.69) is 49.8 Å². The Hall–Kier alpha value is -1.94. The van der Waals surface area contributed by atoms with Crippen molar-refractivity contribution in [2.75, 3.05) is 13.7 Å². The van der Waals surface area contributed by atoms with E-state index in [0.717, 1.165) is 17.6 Å². The third kappa shape index (κ3) is 2.76. The number of nitro groups is 1. The van der Waals surface area contributed by atoms with Gasteiger partial charge >= 0.3 is 0 Å². The van der Waals surface area contributed by atoms with E-state index in [1.165, 1.54) is 12.8 Å². The van der Waals surface area contributed by atoms with E-state index in [1.807, 2.05) is 12.2 Å². The molecule has 6 heteroatoms. The molecule has 2 heterocycles. The zero-order chi connectivity index (χ0) is 21.3. The Kier molecular flexibility index (Phi) is 4.52. The van der Waals surface area contributed by atoms with Crippen LogP contribution in [0.3, 0.4) is 0 Å². The second kappa shape index (κ2) is 6.78. The Morgan fingerprint density at radius 3 is 2.80 bits per heavy atom. The number of allylic oxidation sites excluding steroid dienone is 1. The Labute approximate surface area is 177 Å². The minimum atomic E-state index is -0.666. The normalized spacial score (nSPS) is 41.4. The van der Waals surface area contributed by atoms with Gasteiger partial charge in [-0.15, -0.1) is 0 Å². The molecule has 3 aliphatic carbocycles. The van der Waals surface area contributed by atoms with E-state index in [1.54, 1.807) is 0 Å². The van der Waals surface area contributed by atoms with Gasteiger partial charge in [0.2, 0.25) is 6.04 Å². The first-order valence-electron chi connectivity index (χ1n) is 11.0. The van der Waals surface area contributed by atoms with E-state index in [-0.39, 0.29) is 40.9 Å². The third-order valence-corrected chi connectivity index (χ3v) is 8.07. The lowest BCUT2D eigenvalue weighted by Crippen LogP contribution is -2.58. The van der Waals surface area contributed by atoms with Crippen LogP contribution in [0.1, 0.15) is 39.5 Å². The van der Waals surface area contributed by atoms with Crippen molar-refractivity contribution in [2.45, 2.75) is 63.4 Å². The van der Waals surface area contributed by atoms with Crippen LogP contribution in [0.2, 0.25) is 0 Å². The maximum atomic E-state index is 11.6. The first-order chi connectivity index (χ1) is 14.3. The summed E-state index contributed by atoms with van der Waals surface area (Å²) in [4.78, 5) is 13.6. The van der Waals surface area contributed by atoms with Gasteiger partial charge in [0.05, 0.1) is 18.8 Å².